The maximum absolute atomic E-state index is 12.3. The molecule has 24 heavy (non-hydrogen) atoms. The van der Waals surface area contributed by atoms with E-state index in [0.29, 0.717) is 17.2 Å². The lowest BCUT2D eigenvalue weighted by atomic mass is 10.2. The molecule has 1 amide bonds. The Labute approximate surface area is 139 Å². The van der Waals surface area contributed by atoms with E-state index in [1.807, 2.05) is 30.3 Å². The zero-order valence-electron chi connectivity index (χ0n) is 13.2. The van der Waals surface area contributed by atoms with E-state index in [1.54, 1.807) is 12.3 Å². The molecule has 1 aliphatic heterocycles. The van der Waals surface area contributed by atoms with Crippen LogP contribution >= 0.6 is 0 Å². The van der Waals surface area contributed by atoms with Gasteiger partial charge in [0.15, 0.2) is 5.76 Å². The summed E-state index contributed by atoms with van der Waals surface area (Å²) < 4.78 is 5.56. The number of furan rings is 1. The fourth-order valence-corrected chi connectivity index (χ4v) is 2.94. The molecular weight excluding hydrogens is 304 g/mol. The van der Waals surface area contributed by atoms with Gasteiger partial charge in [-0.15, -0.1) is 0 Å². The van der Waals surface area contributed by atoms with Gasteiger partial charge in [0.2, 0.25) is 0 Å². The fraction of sp³-hybridized carbons (Fsp3) is 0.278. The van der Waals surface area contributed by atoms with Crippen molar-refractivity contribution in [3.05, 3.63) is 54.2 Å². The minimum Gasteiger partial charge on any atom is -0.451 e. The number of nitrogens with zero attached hydrogens (tertiary/aromatic N) is 3. The van der Waals surface area contributed by atoms with Gasteiger partial charge in [0.25, 0.3) is 5.91 Å². The lowest BCUT2D eigenvalue weighted by Crippen LogP contribution is -2.25. The van der Waals surface area contributed by atoms with E-state index in [2.05, 4.69) is 20.2 Å². The summed E-state index contributed by atoms with van der Waals surface area (Å²) >= 11 is 0. The quantitative estimate of drug-likeness (QED) is 0.800. The van der Waals surface area contributed by atoms with E-state index in [0.717, 1.165) is 24.3 Å². The molecule has 6 heteroatoms. The minimum absolute atomic E-state index is 0.263. The van der Waals surface area contributed by atoms with Crippen LogP contribution in [0, 0.1) is 0 Å². The van der Waals surface area contributed by atoms with Gasteiger partial charge in [0.05, 0.1) is 6.54 Å². The van der Waals surface area contributed by atoms with Crippen molar-refractivity contribution in [2.75, 3.05) is 18.0 Å². The Hall–Kier alpha value is -2.89. The van der Waals surface area contributed by atoms with Gasteiger partial charge < -0.3 is 14.6 Å². The summed E-state index contributed by atoms with van der Waals surface area (Å²) in [6, 6.07) is 11.2. The van der Waals surface area contributed by atoms with Gasteiger partial charge >= 0.3 is 0 Å². The number of rotatable bonds is 4. The van der Waals surface area contributed by atoms with Crippen molar-refractivity contribution in [2.45, 2.75) is 19.4 Å². The Bertz CT molecular complexity index is 835. The van der Waals surface area contributed by atoms with Crippen LogP contribution in [-0.4, -0.2) is 29.0 Å². The molecule has 0 spiro atoms. The summed E-state index contributed by atoms with van der Waals surface area (Å²) in [5.74, 6) is 1.56. The molecule has 1 saturated heterocycles. The highest BCUT2D eigenvalue weighted by atomic mass is 16.3. The molecule has 6 nitrogen and oxygen atoms in total. The molecule has 0 unspecified atom stereocenters. The van der Waals surface area contributed by atoms with Gasteiger partial charge in [-0.2, -0.15) is 0 Å². The third kappa shape index (κ3) is 2.95. The summed E-state index contributed by atoms with van der Waals surface area (Å²) in [4.78, 5) is 23.3. The van der Waals surface area contributed by atoms with E-state index >= 15 is 0 Å². The molecular formula is C18H18N4O2. The molecule has 0 aliphatic carbocycles. The van der Waals surface area contributed by atoms with Crippen molar-refractivity contribution in [3.63, 3.8) is 0 Å². The highest BCUT2D eigenvalue weighted by Gasteiger charge is 2.15. The van der Waals surface area contributed by atoms with Crippen LogP contribution in [0.5, 0.6) is 0 Å². The molecule has 3 heterocycles. The first-order valence-corrected chi connectivity index (χ1v) is 8.13. The van der Waals surface area contributed by atoms with Crippen molar-refractivity contribution in [1.29, 1.82) is 0 Å². The van der Waals surface area contributed by atoms with Crippen LogP contribution in [0.2, 0.25) is 0 Å². The van der Waals surface area contributed by atoms with Gasteiger partial charge in [0.1, 0.15) is 17.2 Å². The molecule has 0 bridgehead atoms. The molecule has 1 aromatic carbocycles. The number of hydrogen-bond acceptors (Lipinski definition) is 5. The second kappa shape index (κ2) is 6.31. The third-order valence-electron chi connectivity index (χ3n) is 4.18. The number of anilines is 1. The summed E-state index contributed by atoms with van der Waals surface area (Å²) in [5.41, 5.74) is 0.704. The first-order valence-electron chi connectivity index (χ1n) is 8.13. The van der Waals surface area contributed by atoms with Crippen LogP contribution in [0.3, 0.4) is 0 Å². The monoisotopic (exact) mass is 322 g/mol. The van der Waals surface area contributed by atoms with Crippen LogP contribution < -0.4 is 10.2 Å². The summed E-state index contributed by atoms with van der Waals surface area (Å²) in [6.45, 7) is 2.33. The number of carbonyl (C=O) groups is 1. The average molecular weight is 322 g/mol. The van der Waals surface area contributed by atoms with Crippen molar-refractivity contribution < 1.29 is 9.21 Å². The normalized spacial score (nSPS) is 14.2. The van der Waals surface area contributed by atoms with Gasteiger partial charge in [-0.1, -0.05) is 18.2 Å². The highest BCUT2D eigenvalue weighted by molar-refractivity contribution is 5.95. The first-order chi connectivity index (χ1) is 11.8. The van der Waals surface area contributed by atoms with E-state index < -0.39 is 0 Å². The molecule has 0 radical (unpaired) electrons. The number of carbonyl (C=O) groups excluding carboxylic acids is 1. The Morgan fingerprint density at radius 1 is 1.21 bits per heavy atom. The Morgan fingerprint density at radius 2 is 2.04 bits per heavy atom. The third-order valence-corrected chi connectivity index (χ3v) is 4.18. The van der Waals surface area contributed by atoms with Crippen LogP contribution in [0.25, 0.3) is 11.0 Å². The van der Waals surface area contributed by atoms with E-state index in [1.165, 1.54) is 12.8 Å². The van der Waals surface area contributed by atoms with Crippen LogP contribution in [0.4, 0.5) is 5.82 Å². The van der Waals surface area contributed by atoms with Crippen LogP contribution in [-0.2, 0) is 6.54 Å². The number of benzene rings is 1. The maximum atomic E-state index is 12.3. The van der Waals surface area contributed by atoms with Crippen LogP contribution in [0.15, 0.2) is 47.0 Å². The predicted molar refractivity (Wildman–Crippen MR) is 90.9 cm³/mol. The lowest BCUT2D eigenvalue weighted by Gasteiger charge is -2.16. The number of aromatic nitrogens is 2. The fourth-order valence-electron chi connectivity index (χ4n) is 2.94. The number of hydrogen-bond donors (Lipinski definition) is 1. The first kappa shape index (κ1) is 14.7. The molecule has 122 valence electrons. The maximum Gasteiger partial charge on any atom is 0.287 e. The zero-order chi connectivity index (χ0) is 16.4. The van der Waals surface area contributed by atoms with Crippen molar-refractivity contribution in [3.8, 4) is 0 Å². The number of fused-ring (bicyclic) bond motifs is 1. The van der Waals surface area contributed by atoms with Gasteiger partial charge in [-0.05, 0) is 31.0 Å². The predicted octanol–water partition coefficient (Wildman–Crippen LogP) is 2.75. The SMILES string of the molecule is O=C(NCc1nccc(N2CCCC2)n1)c1cc2ccccc2o1. The van der Waals surface area contributed by atoms with E-state index in [4.69, 9.17) is 4.42 Å². The molecule has 1 N–H and O–H groups in total. The number of amides is 1. The molecule has 0 saturated carbocycles. The molecule has 3 aromatic rings. The molecule has 4 rings (SSSR count). The second-order valence-electron chi connectivity index (χ2n) is 5.86. The zero-order valence-corrected chi connectivity index (χ0v) is 13.2. The summed E-state index contributed by atoms with van der Waals surface area (Å²) in [7, 11) is 0. The van der Waals surface area contributed by atoms with Crippen LogP contribution in [0.1, 0.15) is 29.2 Å². The number of nitrogens with one attached hydrogen (secondary N) is 1. The van der Waals surface area contributed by atoms with Crippen molar-refractivity contribution in [2.24, 2.45) is 0 Å². The largest absolute Gasteiger partial charge is 0.451 e. The number of para-hydroxylation sites is 1. The molecule has 1 aliphatic rings. The minimum atomic E-state index is -0.263. The van der Waals surface area contributed by atoms with Gasteiger partial charge in [-0.25, -0.2) is 9.97 Å². The summed E-state index contributed by atoms with van der Waals surface area (Å²) in [6.07, 6.45) is 4.13. The second-order valence-corrected chi connectivity index (χ2v) is 5.86. The van der Waals surface area contributed by atoms with Crippen molar-refractivity contribution in [1.82, 2.24) is 15.3 Å². The highest BCUT2D eigenvalue weighted by Crippen LogP contribution is 2.19. The van der Waals surface area contributed by atoms with Crippen molar-refractivity contribution >= 4 is 22.7 Å². The average Bonchev–Trinajstić information content (AvgIpc) is 3.29. The molecule has 2 aromatic heterocycles. The smallest absolute Gasteiger partial charge is 0.287 e. The van der Waals surface area contributed by atoms with E-state index in [-0.39, 0.29) is 12.5 Å². The molecule has 1 fully saturated rings. The lowest BCUT2D eigenvalue weighted by molar-refractivity contribution is 0.0924. The van der Waals surface area contributed by atoms with Gasteiger partial charge in [0, 0.05) is 24.7 Å². The molecule has 0 atom stereocenters. The Balaban J connectivity index is 1.44. The standard InChI is InChI=1S/C18H18N4O2/c23-18(15-11-13-5-1-2-6-14(13)24-15)20-12-16-19-8-7-17(21-16)22-9-3-4-10-22/h1-2,5-8,11H,3-4,9-10,12H2,(H,20,23). The topological polar surface area (TPSA) is 71.3 Å². The van der Waals surface area contributed by atoms with E-state index in [9.17, 15) is 4.79 Å². The summed E-state index contributed by atoms with van der Waals surface area (Å²) in [5, 5.41) is 3.73. The van der Waals surface area contributed by atoms with Gasteiger partial charge in [-0.3, -0.25) is 4.79 Å². The Morgan fingerprint density at radius 3 is 2.88 bits per heavy atom. The Kier molecular flexibility index (Phi) is 3.86.